The average Bonchev–Trinajstić information content (AvgIpc) is 2.83. The third-order valence-corrected chi connectivity index (χ3v) is 5.79. The molecule has 4 aromatic heterocycles. The quantitative estimate of drug-likeness (QED) is 0.384. The smallest absolute Gasteiger partial charge is 0.230 e. The van der Waals surface area contributed by atoms with E-state index in [-0.39, 0.29) is 5.82 Å². The normalized spacial score (nSPS) is 13.1. The Balaban J connectivity index is 1.95. The summed E-state index contributed by atoms with van der Waals surface area (Å²) in [6.07, 6.45) is 7.38. The second-order valence-electron chi connectivity index (χ2n) is 7.58. The number of hydrogen-bond acceptors (Lipinski definition) is 7. The minimum atomic E-state index is -3.55. The van der Waals surface area contributed by atoms with Gasteiger partial charge in [0.15, 0.2) is 0 Å². The van der Waals surface area contributed by atoms with Crippen molar-refractivity contribution in [1.82, 2.24) is 19.9 Å². The standard InChI is InChI=1S/C24H22FN5O3S/c1-33-21-11-10-17(15-28-21)23(19-8-3-9-20(29-19)30-34(2,31)32)22(16-6-4-12-26-14-16)18-7-5-13-27-24(18)25/h3-15,22-23H,1-2H3,(H,29,30). The fourth-order valence-electron chi connectivity index (χ4n) is 3.84. The molecule has 0 saturated carbocycles. The van der Waals surface area contributed by atoms with Gasteiger partial charge in [0, 0.05) is 48.3 Å². The van der Waals surface area contributed by atoms with E-state index in [4.69, 9.17) is 4.74 Å². The molecule has 4 rings (SSSR count). The molecule has 0 aliphatic heterocycles. The zero-order chi connectivity index (χ0) is 24.1. The second kappa shape index (κ2) is 9.92. The van der Waals surface area contributed by atoms with Crippen molar-refractivity contribution < 1.29 is 17.5 Å². The van der Waals surface area contributed by atoms with Gasteiger partial charge < -0.3 is 4.74 Å². The number of hydrogen-bond donors (Lipinski definition) is 1. The summed E-state index contributed by atoms with van der Waals surface area (Å²) in [5.74, 6) is -1.18. The van der Waals surface area contributed by atoms with Crippen LogP contribution in [0.2, 0.25) is 0 Å². The van der Waals surface area contributed by atoms with Crippen LogP contribution >= 0.6 is 0 Å². The molecule has 0 aromatic carbocycles. The number of pyridine rings is 4. The number of aromatic nitrogens is 4. The Hall–Kier alpha value is -3.92. The first-order chi connectivity index (χ1) is 16.4. The molecule has 2 unspecified atom stereocenters. The monoisotopic (exact) mass is 479 g/mol. The van der Waals surface area contributed by atoms with Gasteiger partial charge in [0.25, 0.3) is 0 Å². The van der Waals surface area contributed by atoms with Crippen LogP contribution < -0.4 is 9.46 Å². The van der Waals surface area contributed by atoms with Crippen LogP contribution in [0.25, 0.3) is 0 Å². The Morgan fingerprint density at radius 3 is 2.35 bits per heavy atom. The Kier molecular flexibility index (Phi) is 6.78. The Labute approximate surface area is 197 Å². The van der Waals surface area contributed by atoms with Crippen LogP contribution in [0.5, 0.6) is 5.88 Å². The van der Waals surface area contributed by atoms with Crippen LogP contribution in [-0.2, 0) is 10.0 Å². The van der Waals surface area contributed by atoms with Gasteiger partial charge in [-0.15, -0.1) is 0 Å². The van der Waals surface area contributed by atoms with E-state index in [1.807, 2.05) is 12.1 Å². The summed E-state index contributed by atoms with van der Waals surface area (Å²) in [5, 5.41) is 0. The van der Waals surface area contributed by atoms with E-state index in [0.29, 0.717) is 17.1 Å². The van der Waals surface area contributed by atoms with Gasteiger partial charge in [0.05, 0.1) is 19.1 Å². The van der Waals surface area contributed by atoms with Crippen LogP contribution in [0, 0.1) is 5.95 Å². The van der Waals surface area contributed by atoms with Crippen LogP contribution in [-0.4, -0.2) is 41.7 Å². The number of sulfonamides is 1. The molecule has 4 heterocycles. The van der Waals surface area contributed by atoms with Crippen LogP contribution in [0.3, 0.4) is 0 Å². The Morgan fingerprint density at radius 1 is 0.912 bits per heavy atom. The highest BCUT2D eigenvalue weighted by atomic mass is 32.2. The molecule has 0 spiro atoms. The van der Waals surface area contributed by atoms with Gasteiger partial charge >= 0.3 is 0 Å². The van der Waals surface area contributed by atoms with Crippen molar-refractivity contribution >= 4 is 15.8 Å². The molecule has 0 radical (unpaired) electrons. The molecule has 0 bridgehead atoms. The second-order valence-corrected chi connectivity index (χ2v) is 9.33. The zero-order valence-electron chi connectivity index (χ0n) is 18.5. The third kappa shape index (κ3) is 5.34. The van der Waals surface area contributed by atoms with Gasteiger partial charge in [0.1, 0.15) is 5.82 Å². The summed E-state index contributed by atoms with van der Waals surface area (Å²) in [7, 11) is -2.03. The van der Waals surface area contributed by atoms with E-state index in [1.165, 1.54) is 13.3 Å². The van der Waals surface area contributed by atoms with Crippen molar-refractivity contribution in [3.63, 3.8) is 0 Å². The molecular formula is C24H22FN5O3S. The molecule has 4 aromatic rings. The van der Waals surface area contributed by atoms with E-state index in [2.05, 4.69) is 24.7 Å². The van der Waals surface area contributed by atoms with E-state index in [9.17, 15) is 8.42 Å². The van der Waals surface area contributed by atoms with Crippen molar-refractivity contribution in [2.75, 3.05) is 18.1 Å². The number of anilines is 1. The molecule has 0 aliphatic rings. The van der Waals surface area contributed by atoms with Crippen molar-refractivity contribution in [2.45, 2.75) is 11.8 Å². The van der Waals surface area contributed by atoms with Crippen molar-refractivity contribution in [2.24, 2.45) is 0 Å². The number of nitrogens with zero attached hydrogens (tertiary/aromatic N) is 4. The lowest BCUT2D eigenvalue weighted by Crippen LogP contribution is -2.19. The van der Waals surface area contributed by atoms with Crippen molar-refractivity contribution in [1.29, 1.82) is 0 Å². The molecule has 0 amide bonds. The summed E-state index contributed by atoms with van der Waals surface area (Å²) < 4.78 is 46.3. The first-order valence-electron chi connectivity index (χ1n) is 10.3. The summed E-state index contributed by atoms with van der Waals surface area (Å²) in [6.45, 7) is 0. The lowest BCUT2D eigenvalue weighted by molar-refractivity contribution is 0.397. The molecule has 1 N–H and O–H groups in total. The fraction of sp³-hybridized carbons (Fsp3) is 0.167. The van der Waals surface area contributed by atoms with Gasteiger partial charge in [-0.2, -0.15) is 4.39 Å². The molecule has 34 heavy (non-hydrogen) atoms. The minimum absolute atomic E-state index is 0.156. The molecule has 0 saturated heterocycles. The summed E-state index contributed by atoms with van der Waals surface area (Å²) >= 11 is 0. The van der Waals surface area contributed by atoms with Crippen LogP contribution in [0.1, 0.15) is 34.2 Å². The zero-order valence-corrected chi connectivity index (χ0v) is 19.3. The van der Waals surface area contributed by atoms with Crippen molar-refractivity contribution in [3.05, 3.63) is 108 Å². The summed E-state index contributed by atoms with van der Waals surface area (Å²) in [5.41, 5.74) is 2.32. The lowest BCUT2D eigenvalue weighted by atomic mass is 9.76. The van der Waals surface area contributed by atoms with Crippen LogP contribution in [0.4, 0.5) is 10.2 Å². The molecular weight excluding hydrogens is 457 g/mol. The topological polar surface area (TPSA) is 107 Å². The minimum Gasteiger partial charge on any atom is -0.481 e. The highest BCUT2D eigenvalue weighted by molar-refractivity contribution is 7.92. The number of rotatable bonds is 8. The predicted molar refractivity (Wildman–Crippen MR) is 126 cm³/mol. The fourth-order valence-corrected chi connectivity index (χ4v) is 4.34. The highest BCUT2D eigenvalue weighted by Gasteiger charge is 2.32. The maximum atomic E-state index is 15.1. The van der Waals surface area contributed by atoms with Crippen molar-refractivity contribution in [3.8, 4) is 5.88 Å². The number of methoxy groups -OCH3 is 1. The van der Waals surface area contributed by atoms with Gasteiger partial charge in [-0.3, -0.25) is 9.71 Å². The summed E-state index contributed by atoms with van der Waals surface area (Å²) in [6, 6.07) is 15.5. The average molecular weight is 480 g/mol. The largest absolute Gasteiger partial charge is 0.481 e. The Morgan fingerprint density at radius 2 is 1.71 bits per heavy atom. The van der Waals surface area contributed by atoms with Crippen LogP contribution in [0.15, 0.2) is 79.4 Å². The van der Waals surface area contributed by atoms with Gasteiger partial charge in [0.2, 0.25) is 21.9 Å². The third-order valence-electron chi connectivity index (χ3n) is 5.21. The first kappa shape index (κ1) is 23.2. The molecule has 0 aliphatic carbocycles. The highest BCUT2D eigenvalue weighted by Crippen LogP contribution is 2.42. The number of nitrogens with one attached hydrogen (secondary N) is 1. The van der Waals surface area contributed by atoms with E-state index in [0.717, 1.165) is 17.4 Å². The molecule has 0 fully saturated rings. The van der Waals surface area contributed by atoms with E-state index >= 15 is 4.39 Å². The lowest BCUT2D eigenvalue weighted by Gasteiger charge is -2.28. The maximum Gasteiger partial charge on any atom is 0.230 e. The van der Waals surface area contributed by atoms with Gasteiger partial charge in [-0.25, -0.2) is 23.4 Å². The predicted octanol–water partition coefficient (Wildman–Crippen LogP) is 3.75. The van der Waals surface area contributed by atoms with Gasteiger partial charge in [-0.05, 0) is 35.4 Å². The maximum absolute atomic E-state index is 15.1. The summed E-state index contributed by atoms with van der Waals surface area (Å²) in [4.78, 5) is 17.0. The SMILES string of the molecule is COc1ccc(C(c2cccc(NS(C)(=O)=O)n2)C(c2cccnc2)c2cccnc2F)cn1. The molecule has 10 heteroatoms. The molecule has 174 valence electrons. The first-order valence-corrected chi connectivity index (χ1v) is 12.2. The van der Waals surface area contributed by atoms with E-state index in [1.54, 1.807) is 61.1 Å². The molecule has 2 atom stereocenters. The molecule has 8 nitrogen and oxygen atoms in total. The van der Waals surface area contributed by atoms with Gasteiger partial charge in [-0.1, -0.05) is 24.3 Å². The Bertz CT molecular complexity index is 1370. The number of ether oxygens (including phenoxy) is 1. The van der Waals surface area contributed by atoms with E-state index < -0.39 is 27.8 Å². The number of halogens is 1.